The van der Waals surface area contributed by atoms with Crippen molar-refractivity contribution in [2.24, 2.45) is 4.99 Å². The fourth-order valence-electron chi connectivity index (χ4n) is 2.17. The number of guanidine groups is 2. The van der Waals surface area contributed by atoms with E-state index in [-0.39, 0.29) is 0 Å². The largest absolute Gasteiger partial charge is 0.377 e. The Morgan fingerprint density at radius 3 is 1.83 bits per heavy atom. The predicted octanol–water partition coefficient (Wildman–Crippen LogP) is -0.722. The number of hydrogen-bond donors (Lipinski definition) is 1. The molecule has 0 bridgehead atoms. The van der Waals surface area contributed by atoms with Crippen LogP contribution in [0, 0.1) is 0 Å². The van der Waals surface area contributed by atoms with E-state index in [0.717, 1.165) is 18.5 Å². The average molecular weight is 346 g/mol. The molecule has 0 saturated carbocycles. The molecule has 8 nitrogen and oxygen atoms in total. The van der Waals surface area contributed by atoms with E-state index >= 15 is 0 Å². The summed E-state index contributed by atoms with van der Waals surface area (Å²) in [4.78, 5) is 10.5. The van der Waals surface area contributed by atoms with E-state index in [0.29, 0.717) is 33.0 Å². The van der Waals surface area contributed by atoms with Gasteiger partial charge in [0.2, 0.25) is 0 Å². The summed E-state index contributed by atoms with van der Waals surface area (Å²) in [5.41, 5.74) is 0. The third kappa shape index (κ3) is 10.3. The van der Waals surface area contributed by atoms with E-state index in [2.05, 4.69) is 10.3 Å². The van der Waals surface area contributed by atoms with E-state index in [1.807, 2.05) is 75.7 Å². The molecule has 0 aliphatic rings. The monoisotopic (exact) mass is 345 g/mol. The van der Waals surface area contributed by atoms with E-state index in [1.165, 1.54) is 0 Å². The molecule has 0 aromatic heterocycles. The minimum Gasteiger partial charge on any atom is -0.377 e. The van der Waals surface area contributed by atoms with Crippen molar-refractivity contribution in [3.05, 3.63) is 0 Å². The zero-order valence-electron chi connectivity index (χ0n) is 16.8. The molecule has 0 amide bonds. The van der Waals surface area contributed by atoms with Gasteiger partial charge in [0, 0.05) is 28.2 Å². The summed E-state index contributed by atoms with van der Waals surface area (Å²) in [7, 11) is 16.0. The van der Waals surface area contributed by atoms with Crippen molar-refractivity contribution in [3.8, 4) is 0 Å². The van der Waals surface area contributed by atoms with Gasteiger partial charge in [-0.25, -0.2) is 0 Å². The summed E-state index contributed by atoms with van der Waals surface area (Å²) in [5.74, 6) is 2.00. The first kappa shape index (κ1) is 22.5. The first-order chi connectivity index (χ1) is 11.3. The van der Waals surface area contributed by atoms with Gasteiger partial charge in [0.1, 0.15) is 0 Å². The zero-order chi connectivity index (χ0) is 18.5. The Kier molecular flexibility index (Phi) is 12.0. The number of nitrogens with zero attached hydrogens (tertiary/aromatic N) is 5. The summed E-state index contributed by atoms with van der Waals surface area (Å²) in [6, 6.07) is 0. The van der Waals surface area contributed by atoms with E-state index in [9.17, 15) is 0 Å². The molecular weight excluding hydrogens is 308 g/mol. The van der Waals surface area contributed by atoms with Gasteiger partial charge in [0.25, 0.3) is 0 Å². The molecule has 0 aliphatic carbocycles. The average Bonchev–Trinajstić information content (AvgIpc) is 2.46. The Labute approximate surface area is 147 Å². The topological polar surface area (TPSA) is 55.6 Å². The van der Waals surface area contributed by atoms with Crippen molar-refractivity contribution >= 4 is 11.9 Å². The highest BCUT2D eigenvalue weighted by Crippen LogP contribution is 1.89. The van der Waals surface area contributed by atoms with Gasteiger partial charge >= 0.3 is 5.96 Å². The Hall–Kier alpha value is -1.54. The van der Waals surface area contributed by atoms with Crippen molar-refractivity contribution in [3.63, 3.8) is 0 Å². The molecule has 1 N–H and O–H groups in total. The zero-order valence-corrected chi connectivity index (χ0v) is 16.8. The Balaban J connectivity index is 3.69. The van der Waals surface area contributed by atoms with Crippen molar-refractivity contribution in [2.45, 2.75) is 0 Å². The van der Waals surface area contributed by atoms with Crippen LogP contribution >= 0.6 is 0 Å². The quantitative estimate of drug-likeness (QED) is 0.258. The van der Waals surface area contributed by atoms with Crippen LogP contribution in [-0.4, -0.2) is 127 Å². The second-order valence-electron chi connectivity index (χ2n) is 6.23. The number of nitrogens with one attached hydrogen (secondary N) is 1. The fourth-order valence-corrected chi connectivity index (χ4v) is 2.17. The van der Waals surface area contributed by atoms with Gasteiger partial charge < -0.3 is 19.3 Å². The van der Waals surface area contributed by atoms with Gasteiger partial charge in [-0.05, 0) is 0 Å². The predicted molar refractivity (Wildman–Crippen MR) is 100 cm³/mol. The third-order valence-corrected chi connectivity index (χ3v) is 3.04. The lowest BCUT2D eigenvalue weighted by molar-refractivity contribution is -0.472. The molecule has 0 radical (unpaired) electrons. The number of rotatable bonds is 9. The first-order valence-electron chi connectivity index (χ1n) is 8.27. The van der Waals surface area contributed by atoms with Gasteiger partial charge in [-0.3, -0.25) is 19.8 Å². The molecule has 0 unspecified atom stereocenters. The Morgan fingerprint density at radius 2 is 1.38 bits per heavy atom. The highest BCUT2D eigenvalue weighted by molar-refractivity contribution is 5.79. The summed E-state index contributed by atoms with van der Waals surface area (Å²) in [6.07, 6.45) is 0. The minimum absolute atomic E-state index is 0.590. The Morgan fingerprint density at radius 1 is 0.833 bits per heavy atom. The second kappa shape index (κ2) is 12.8. The van der Waals surface area contributed by atoms with E-state index in [4.69, 9.17) is 9.47 Å². The smallest absolute Gasteiger partial charge is 0.347 e. The minimum atomic E-state index is 0.590. The molecule has 0 rings (SSSR count). The van der Waals surface area contributed by atoms with Gasteiger partial charge in [-0.1, -0.05) is 0 Å². The molecular formula is C16H37N6O2+. The van der Waals surface area contributed by atoms with Crippen LogP contribution in [0.3, 0.4) is 0 Å². The molecule has 24 heavy (non-hydrogen) atoms. The van der Waals surface area contributed by atoms with Crippen LogP contribution in [0.15, 0.2) is 4.99 Å². The Bertz CT molecular complexity index is 380. The maximum absolute atomic E-state index is 5.56. The van der Waals surface area contributed by atoms with Gasteiger partial charge in [-0.2, -0.15) is 0 Å². The molecule has 142 valence electrons. The summed E-state index contributed by atoms with van der Waals surface area (Å²) >= 11 is 0. The van der Waals surface area contributed by atoms with Crippen LogP contribution in [0.4, 0.5) is 0 Å². The second-order valence-corrected chi connectivity index (χ2v) is 6.23. The third-order valence-electron chi connectivity index (χ3n) is 3.04. The van der Waals surface area contributed by atoms with E-state index in [1.54, 1.807) is 0 Å². The van der Waals surface area contributed by atoms with Gasteiger partial charge in [0.05, 0.1) is 67.7 Å². The molecule has 0 aliphatic heterocycles. The van der Waals surface area contributed by atoms with Crippen LogP contribution in [0.5, 0.6) is 0 Å². The van der Waals surface area contributed by atoms with Gasteiger partial charge in [0.15, 0.2) is 5.96 Å². The lowest BCUT2D eigenvalue weighted by Crippen LogP contribution is -2.43. The maximum atomic E-state index is 5.56. The van der Waals surface area contributed by atoms with Crippen LogP contribution in [0.1, 0.15) is 0 Å². The SMILES string of the molecule is CN(C)C(=NCCOCCOCCNC(N(C)C)=[N+](C)C)N(C)C. The summed E-state index contributed by atoms with van der Waals surface area (Å²) in [6.45, 7) is 3.86. The lowest BCUT2D eigenvalue weighted by atomic mass is 10.6. The molecule has 0 saturated heterocycles. The molecule has 0 spiro atoms. The normalized spacial score (nSPS) is 10.2. The number of aliphatic imine (C=N–C) groups is 1. The summed E-state index contributed by atoms with van der Waals surface area (Å²) < 4.78 is 13.1. The number of ether oxygens (including phenoxy) is 2. The lowest BCUT2D eigenvalue weighted by Gasteiger charge is -2.22. The molecule has 0 aromatic rings. The number of hydrogen-bond acceptors (Lipinski definition) is 3. The van der Waals surface area contributed by atoms with Crippen LogP contribution in [0.2, 0.25) is 0 Å². The highest BCUT2D eigenvalue weighted by Gasteiger charge is 2.09. The van der Waals surface area contributed by atoms with Crippen LogP contribution in [-0.2, 0) is 9.47 Å². The van der Waals surface area contributed by atoms with Crippen molar-refractivity contribution in [2.75, 3.05) is 95.9 Å². The van der Waals surface area contributed by atoms with E-state index < -0.39 is 0 Å². The highest BCUT2D eigenvalue weighted by atomic mass is 16.5. The first-order valence-corrected chi connectivity index (χ1v) is 8.27. The standard InChI is InChI=1S/C16H36N6O2/c1-19(2)15(20(3)4)17-9-11-23-13-14-24-12-10-18-16(21(5)6)22(7)8/h9-14H2,1-8H3/p+1. The maximum Gasteiger partial charge on any atom is 0.347 e. The summed E-state index contributed by atoms with van der Waals surface area (Å²) in [5, 5.41) is 3.34. The van der Waals surface area contributed by atoms with Crippen LogP contribution < -0.4 is 5.32 Å². The fraction of sp³-hybridized carbons (Fsp3) is 0.875. The molecule has 0 atom stereocenters. The van der Waals surface area contributed by atoms with Crippen molar-refractivity contribution in [1.82, 2.24) is 20.0 Å². The molecule has 0 aromatic carbocycles. The van der Waals surface area contributed by atoms with Gasteiger partial charge in [-0.15, -0.1) is 0 Å². The molecule has 0 fully saturated rings. The van der Waals surface area contributed by atoms with Crippen molar-refractivity contribution < 1.29 is 14.0 Å². The van der Waals surface area contributed by atoms with Crippen molar-refractivity contribution in [1.29, 1.82) is 0 Å². The molecule has 0 heterocycles. The molecule has 8 heteroatoms. The van der Waals surface area contributed by atoms with Crippen LogP contribution in [0.25, 0.3) is 0 Å².